The largest absolute Gasteiger partial charge is 0.493 e. The molecule has 7 heteroatoms. The molecule has 2 aromatic carbocycles. The Kier molecular flexibility index (Phi) is 4.69. The van der Waals surface area contributed by atoms with E-state index in [1.54, 1.807) is 24.3 Å². The fourth-order valence-corrected chi connectivity index (χ4v) is 2.16. The van der Waals surface area contributed by atoms with Crippen LogP contribution >= 0.6 is 0 Å². The van der Waals surface area contributed by atoms with Gasteiger partial charge in [0.15, 0.2) is 29.7 Å². The SMILES string of the molecule is COc1cccc(F)c1OCc1nc(Cc2ccccc2F)no1. The maximum absolute atomic E-state index is 13.8. The number of nitrogens with zero attached hydrogens (tertiary/aromatic N) is 2. The lowest BCUT2D eigenvalue weighted by Crippen LogP contribution is -2.00. The normalized spacial score (nSPS) is 10.6. The van der Waals surface area contributed by atoms with E-state index in [0.29, 0.717) is 11.4 Å². The smallest absolute Gasteiger partial charge is 0.264 e. The molecule has 0 spiro atoms. The van der Waals surface area contributed by atoms with Crippen molar-refractivity contribution in [2.45, 2.75) is 13.0 Å². The molecular formula is C17H14F2N2O3. The van der Waals surface area contributed by atoms with Crippen molar-refractivity contribution in [1.29, 1.82) is 0 Å². The Morgan fingerprint density at radius 3 is 2.62 bits per heavy atom. The van der Waals surface area contributed by atoms with Crippen LogP contribution in [0, 0.1) is 11.6 Å². The molecule has 3 aromatic rings. The Morgan fingerprint density at radius 1 is 1.04 bits per heavy atom. The summed E-state index contributed by atoms with van der Waals surface area (Å²) in [5, 5.41) is 3.77. The molecule has 0 aliphatic rings. The first-order valence-corrected chi connectivity index (χ1v) is 7.17. The number of aromatic nitrogens is 2. The highest BCUT2D eigenvalue weighted by atomic mass is 19.1. The number of para-hydroxylation sites is 1. The van der Waals surface area contributed by atoms with Gasteiger partial charge in [-0.3, -0.25) is 0 Å². The van der Waals surface area contributed by atoms with E-state index in [1.165, 1.54) is 25.3 Å². The molecule has 5 nitrogen and oxygen atoms in total. The molecule has 0 aliphatic carbocycles. The van der Waals surface area contributed by atoms with E-state index in [9.17, 15) is 8.78 Å². The number of hydrogen-bond acceptors (Lipinski definition) is 5. The lowest BCUT2D eigenvalue weighted by molar-refractivity contribution is 0.224. The maximum Gasteiger partial charge on any atom is 0.264 e. The molecule has 0 aliphatic heterocycles. The Bertz CT molecular complexity index is 836. The molecule has 0 radical (unpaired) electrons. The summed E-state index contributed by atoms with van der Waals surface area (Å²) in [6.07, 6.45) is 0.194. The van der Waals surface area contributed by atoms with E-state index in [2.05, 4.69) is 10.1 Å². The summed E-state index contributed by atoms with van der Waals surface area (Å²) in [4.78, 5) is 4.11. The van der Waals surface area contributed by atoms with E-state index in [-0.39, 0.29) is 36.2 Å². The average molecular weight is 332 g/mol. The van der Waals surface area contributed by atoms with Gasteiger partial charge in [-0.15, -0.1) is 0 Å². The van der Waals surface area contributed by atoms with Gasteiger partial charge in [0.05, 0.1) is 7.11 Å². The molecule has 3 rings (SSSR count). The first kappa shape index (κ1) is 15.9. The van der Waals surface area contributed by atoms with Gasteiger partial charge in [0.2, 0.25) is 0 Å². The van der Waals surface area contributed by atoms with Gasteiger partial charge in [-0.1, -0.05) is 29.4 Å². The van der Waals surface area contributed by atoms with Crippen LogP contribution in [0.3, 0.4) is 0 Å². The van der Waals surface area contributed by atoms with Crippen molar-refractivity contribution in [3.63, 3.8) is 0 Å². The fraction of sp³-hybridized carbons (Fsp3) is 0.176. The van der Waals surface area contributed by atoms with Gasteiger partial charge < -0.3 is 14.0 Å². The highest BCUT2D eigenvalue weighted by Crippen LogP contribution is 2.30. The topological polar surface area (TPSA) is 57.4 Å². The van der Waals surface area contributed by atoms with Crippen LogP contribution in [0.25, 0.3) is 0 Å². The second-order valence-corrected chi connectivity index (χ2v) is 4.93. The van der Waals surface area contributed by atoms with E-state index in [0.717, 1.165) is 0 Å². The quantitative estimate of drug-likeness (QED) is 0.691. The summed E-state index contributed by atoms with van der Waals surface area (Å²) in [6.45, 7) is -0.123. The third kappa shape index (κ3) is 3.51. The van der Waals surface area contributed by atoms with Gasteiger partial charge in [0.1, 0.15) is 5.82 Å². The van der Waals surface area contributed by atoms with Gasteiger partial charge in [0, 0.05) is 6.42 Å². The van der Waals surface area contributed by atoms with Crippen molar-refractivity contribution in [1.82, 2.24) is 10.1 Å². The molecule has 0 N–H and O–H groups in total. The Labute approximate surface area is 136 Å². The number of halogens is 2. The zero-order valence-electron chi connectivity index (χ0n) is 12.8. The van der Waals surface area contributed by atoms with Gasteiger partial charge >= 0.3 is 0 Å². The number of benzene rings is 2. The molecular weight excluding hydrogens is 318 g/mol. The standard InChI is InChI=1S/C17H14F2N2O3/c1-22-14-8-4-7-13(19)17(14)23-10-16-20-15(21-24-16)9-11-5-2-3-6-12(11)18/h2-8H,9-10H2,1H3. The van der Waals surface area contributed by atoms with Crippen LogP contribution in [0.4, 0.5) is 8.78 Å². The second kappa shape index (κ2) is 7.08. The van der Waals surface area contributed by atoms with Gasteiger partial charge in [-0.2, -0.15) is 4.98 Å². The first-order valence-electron chi connectivity index (χ1n) is 7.17. The Morgan fingerprint density at radius 2 is 1.83 bits per heavy atom. The van der Waals surface area contributed by atoms with Crippen LogP contribution in [-0.4, -0.2) is 17.3 Å². The Hall–Kier alpha value is -2.96. The zero-order chi connectivity index (χ0) is 16.9. The lowest BCUT2D eigenvalue weighted by Gasteiger charge is -2.09. The molecule has 124 valence electrons. The number of methoxy groups -OCH3 is 1. The molecule has 1 aromatic heterocycles. The molecule has 0 fully saturated rings. The zero-order valence-corrected chi connectivity index (χ0v) is 12.8. The summed E-state index contributed by atoms with van der Waals surface area (Å²) >= 11 is 0. The first-order chi connectivity index (χ1) is 11.7. The van der Waals surface area contributed by atoms with Gasteiger partial charge in [0.25, 0.3) is 5.89 Å². The third-order valence-corrected chi connectivity index (χ3v) is 3.31. The molecule has 0 atom stereocenters. The maximum atomic E-state index is 13.8. The molecule has 0 saturated carbocycles. The van der Waals surface area contributed by atoms with Crippen LogP contribution in [-0.2, 0) is 13.0 Å². The molecule has 24 heavy (non-hydrogen) atoms. The lowest BCUT2D eigenvalue weighted by atomic mass is 10.1. The minimum Gasteiger partial charge on any atom is -0.493 e. The predicted octanol–water partition coefficient (Wildman–Crippen LogP) is 3.53. The van der Waals surface area contributed by atoms with Crippen molar-refractivity contribution >= 4 is 0 Å². The van der Waals surface area contributed by atoms with Gasteiger partial charge in [-0.25, -0.2) is 8.78 Å². The van der Waals surface area contributed by atoms with Crippen molar-refractivity contribution in [3.8, 4) is 11.5 Å². The minimum atomic E-state index is -0.555. The molecule has 0 unspecified atom stereocenters. The Balaban J connectivity index is 1.68. The van der Waals surface area contributed by atoms with Crippen molar-refractivity contribution in [2.75, 3.05) is 7.11 Å². The van der Waals surface area contributed by atoms with E-state index in [4.69, 9.17) is 14.0 Å². The van der Waals surface area contributed by atoms with E-state index < -0.39 is 5.82 Å². The number of rotatable bonds is 6. The van der Waals surface area contributed by atoms with E-state index in [1.807, 2.05) is 0 Å². The average Bonchev–Trinajstić information content (AvgIpc) is 3.03. The number of hydrogen-bond donors (Lipinski definition) is 0. The van der Waals surface area contributed by atoms with Crippen molar-refractivity contribution in [2.24, 2.45) is 0 Å². The van der Waals surface area contributed by atoms with Crippen LogP contribution < -0.4 is 9.47 Å². The van der Waals surface area contributed by atoms with Crippen LogP contribution in [0.15, 0.2) is 47.0 Å². The highest BCUT2D eigenvalue weighted by Gasteiger charge is 2.14. The summed E-state index contributed by atoms with van der Waals surface area (Å²) in [5.74, 6) is -0.183. The van der Waals surface area contributed by atoms with Crippen LogP contribution in [0.2, 0.25) is 0 Å². The summed E-state index contributed by atoms with van der Waals surface area (Å²) in [5.41, 5.74) is 0.460. The highest BCUT2D eigenvalue weighted by molar-refractivity contribution is 5.40. The van der Waals surface area contributed by atoms with Crippen LogP contribution in [0.1, 0.15) is 17.3 Å². The summed E-state index contributed by atoms with van der Waals surface area (Å²) in [7, 11) is 1.42. The van der Waals surface area contributed by atoms with Crippen LogP contribution in [0.5, 0.6) is 11.5 Å². The monoisotopic (exact) mass is 332 g/mol. The second-order valence-electron chi connectivity index (χ2n) is 4.93. The third-order valence-electron chi connectivity index (χ3n) is 3.31. The van der Waals surface area contributed by atoms with Crippen molar-refractivity contribution < 1.29 is 22.8 Å². The molecule has 0 amide bonds. The minimum absolute atomic E-state index is 0.0335. The molecule has 0 saturated heterocycles. The number of ether oxygens (including phenoxy) is 2. The van der Waals surface area contributed by atoms with Gasteiger partial charge in [-0.05, 0) is 23.8 Å². The van der Waals surface area contributed by atoms with E-state index >= 15 is 0 Å². The fourth-order valence-electron chi connectivity index (χ4n) is 2.16. The summed E-state index contributed by atoms with van der Waals surface area (Å²) < 4.78 is 42.8. The molecule has 0 bridgehead atoms. The predicted molar refractivity (Wildman–Crippen MR) is 80.8 cm³/mol. The summed E-state index contributed by atoms with van der Waals surface area (Å²) in [6, 6.07) is 10.7. The molecule has 1 heterocycles. The van der Waals surface area contributed by atoms with Crippen molar-refractivity contribution in [3.05, 3.63) is 71.4 Å².